The molecule has 126 valence electrons. The SMILES string of the molecule is CC(C)CCC1(O)C(=O)Nc2ccc(Nc3ccc(Cl)cc3)cc21. The van der Waals surface area contributed by atoms with Crippen LogP contribution in [0.5, 0.6) is 0 Å². The van der Waals surface area contributed by atoms with Gasteiger partial charge in [0, 0.05) is 27.6 Å². The van der Waals surface area contributed by atoms with Crippen molar-refractivity contribution in [2.24, 2.45) is 5.92 Å². The maximum Gasteiger partial charge on any atom is 0.261 e. The van der Waals surface area contributed by atoms with E-state index in [1.54, 1.807) is 12.1 Å². The average Bonchev–Trinajstić information content (AvgIpc) is 2.79. The van der Waals surface area contributed by atoms with E-state index in [0.717, 1.165) is 17.8 Å². The summed E-state index contributed by atoms with van der Waals surface area (Å²) in [5, 5.41) is 17.6. The highest BCUT2D eigenvalue weighted by molar-refractivity contribution is 6.30. The van der Waals surface area contributed by atoms with Crippen molar-refractivity contribution < 1.29 is 9.90 Å². The number of halogens is 1. The molecule has 1 aliphatic heterocycles. The van der Waals surface area contributed by atoms with E-state index < -0.39 is 5.60 Å². The molecule has 0 fully saturated rings. The fourth-order valence-corrected chi connectivity index (χ4v) is 2.99. The highest BCUT2D eigenvalue weighted by Crippen LogP contribution is 2.41. The van der Waals surface area contributed by atoms with Crippen LogP contribution < -0.4 is 10.6 Å². The summed E-state index contributed by atoms with van der Waals surface area (Å²) in [5.41, 5.74) is 1.55. The molecule has 24 heavy (non-hydrogen) atoms. The summed E-state index contributed by atoms with van der Waals surface area (Å²) in [6.07, 6.45) is 1.19. The molecular formula is C19H21ClN2O2. The number of nitrogens with one attached hydrogen (secondary N) is 2. The molecular weight excluding hydrogens is 324 g/mol. The maximum atomic E-state index is 12.3. The Labute approximate surface area is 146 Å². The summed E-state index contributed by atoms with van der Waals surface area (Å²) in [5.74, 6) is 0.0723. The van der Waals surface area contributed by atoms with E-state index in [0.29, 0.717) is 28.6 Å². The third kappa shape index (κ3) is 3.25. The third-order valence-corrected chi connectivity index (χ3v) is 4.56. The van der Waals surface area contributed by atoms with Gasteiger partial charge in [0.25, 0.3) is 5.91 Å². The fraction of sp³-hybridized carbons (Fsp3) is 0.316. The van der Waals surface area contributed by atoms with E-state index in [1.807, 2.05) is 30.3 Å². The van der Waals surface area contributed by atoms with Crippen LogP contribution in [0.1, 0.15) is 32.3 Å². The van der Waals surface area contributed by atoms with Crippen molar-refractivity contribution in [1.29, 1.82) is 0 Å². The Hall–Kier alpha value is -2.04. The van der Waals surface area contributed by atoms with E-state index in [1.165, 1.54) is 0 Å². The van der Waals surface area contributed by atoms with Crippen molar-refractivity contribution in [2.75, 3.05) is 10.6 Å². The molecule has 4 nitrogen and oxygen atoms in total. The van der Waals surface area contributed by atoms with Gasteiger partial charge in [-0.25, -0.2) is 0 Å². The molecule has 3 rings (SSSR count). The van der Waals surface area contributed by atoms with Crippen molar-refractivity contribution >= 4 is 34.6 Å². The van der Waals surface area contributed by atoms with Crippen LogP contribution in [-0.4, -0.2) is 11.0 Å². The van der Waals surface area contributed by atoms with E-state index >= 15 is 0 Å². The Bertz CT molecular complexity index is 758. The van der Waals surface area contributed by atoms with Gasteiger partial charge in [0.15, 0.2) is 5.60 Å². The zero-order valence-corrected chi connectivity index (χ0v) is 14.5. The van der Waals surface area contributed by atoms with Gasteiger partial charge in [-0.15, -0.1) is 0 Å². The van der Waals surface area contributed by atoms with Crippen LogP contribution in [0.4, 0.5) is 17.1 Å². The van der Waals surface area contributed by atoms with Crippen LogP contribution in [0.15, 0.2) is 42.5 Å². The number of hydrogen-bond donors (Lipinski definition) is 3. The third-order valence-electron chi connectivity index (χ3n) is 4.31. The number of benzene rings is 2. The van der Waals surface area contributed by atoms with Crippen LogP contribution in [-0.2, 0) is 10.4 Å². The zero-order valence-electron chi connectivity index (χ0n) is 13.8. The summed E-state index contributed by atoms with van der Waals surface area (Å²) < 4.78 is 0. The largest absolute Gasteiger partial charge is 0.375 e. The van der Waals surface area contributed by atoms with Crippen molar-refractivity contribution in [3.63, 3.8) is 0 Å². The second-order valence-corrected chi connectivity index (χ2v) is 7.08. The van der Waals surface area contributed by atoms with Gasteiger partial charge >= 0.3 is 0 Å². The lowest BCUT2D eigenvalue weighted by Crippen LogP contribution is -2.34. The number of rotatable bonds is 5. The van der Waals surface area contributed by atoms with Crippen molar-refractivity contribution in [3.05, 3.63) is 53.1 Å². The summed E-state index contributed by atoms with van der Waals surface area (Å²) >= 11 is 5.90. The summed E-state index contributed by atoms with van der Waals surface area (Å²) in [4.78, 5) is 12.3. The van der Waals surface area contributed by atoms with Gasteiger partial charge in [0.05, 0.1) is 0 Å². The lowest BCUT2D eigenvalue weighted by atomic mass is 9.87. The number of carbonyl (C=O) groups excluding carboxylic acids is 1. The molecule has 1 unspecified atom stereocenters. The van der Waals surface area contributed by atoms with E-state index in [2.05, 4.69) is 24.5 Å². The predicted octanol–water partition coefficient (Wildman–Crippen LogP) is 4.66. The quantitative estimate of drug-likeness (QED) is 0.739. The molecule has 0 saturated carbocycles. The molecule has 1 amide bonds. The van der Waals surface area contributed by atoms with Crippen molar-refractivity contribution in [2.45, 2.75) is 32.3 Å². The first-order chi connectivity index (χ1) is 11.4. The lowest BCUT2D eigenvalue weighted by Gasteiger charge is -2.22. The number of hydrogen-bond acceptors (Lipinski definition) is 3. The number of anilines is 3. The molecule has 1 heterocycles. The van der Waals surface area contributed by atoms with Crippen molar-refractivity contribution in [3.8, 4) is 0 Å². The van der Waals surface area contributed by atoms with Gasteiger partial charge in [-0.3, -0.25) is 4.79 Å². The van der Waals surface area contributed by atoms with Crippen LogP contribution in [0.25, 0.3) is 0 Å². The second-order valence-electron chi connectivity index (χ2n) is 6.64. The molecule has 0 aromatic heterocycles. The Kier molecular flexibility index (Phi) is 4.52. The van der Waals surface area contributed by atoms with Gasteiger partial charge in [-0.1, -0.05) is 25.4 Å². The molecule has 0 spiro atoms. The standard InChI is InChI=1S/C19H21ClN2O2/c1-12(2)9-10-19(24)16-11-15(7-8-17(16)22-18(19)23)21-14-5-3-13(20)4-6-14/h3-8,11-12,21,24H,9-10H2,1-2H3,(H,22,23). The van der Waals surface area contributed by atoms with Crippen LogP contribution in [0.3, 0.4) is 0 Å². The van der Waals surface area contributed by atoms with Crippen LogP contribution >= 0.6 is 11.6 Å². The molecule has 3 N–H and O–H groups in total. The molecule has 1 atom stereocenters. The molecule has 2 aromatic rings. The molecule has 0 saturated heterocycles. The van der Waals surface area contributed by atoms with Crippen LogP contribution in [0, 0.1) is 5.92 Å². The number of amides is 1. The Morgan fingerprint density at radius 2 is 1.83 bits per heavy atom. The van der Waals surface area contributed by atoms with Gasteiger partial charge in [0.2, 0.25) is 0 Å². The zero-order chi connectivity index (χ0) is 17.3. The monoisotopic (exact) mass is 344 g/mol. The first kappa shape index (κ1) is 16.8. The predicted molar refractivity (Wildman–Crippen MR) is 97.8 cm³/mol. The van der Waals surface area contributed by atoms with Gasteiger partial charge in [-0.05, 0) is 61.2 Å². The molecule has 0 radical (unpaired) electrons. The minimum Gasteiger partial charge on any atom is -0.375 e. The van der Waals surface area contributed by atoms with Gasteiger partial charge in [-0.2, -0.15) is 0 Å². The smallest absolute Gasteiger partial charge is 0.261 e. The van der Waals surface area contributed by atoms with E-state index in [9.17, 15) is 9.90 Å². The minimum absolute atomic E-state index is 0.346. The van der Waals surface area contributed by atoms with Crippen molar-refractivity contribution in [1.82, 2.24) is 0 Å². The molecule has 1 aliphatic rings. The molecule has 5 heteroatoms. The highest BCUT2D eigenvalue weighted by Gasteiger charge is 2.44. The maximum absolute atomic E-state index is 12.3. The lowest BCUT2D eigenvalue weighted by molar-refractivity contribution is -0.134. The number of aliphatic hydroxyl groups is 1. The average molecular weight is 345 g/mol. The Balaban J connectivity index is 1.88. The molecule has 0 aliphatic carbocycles. The molecule has 0 bridgehead atoms. The summed E-state index contributed by atoms with van der Waals surface area (Å²) in [7, 11) is 0. The van der Waals surface area contributed by atoms with Crippen LogP contribution in [0.2, 0.25) is 5.02 Å². The van der Waals surface area contributed by atoms with E-state index in [4.69, 9.17) is 11.6 Å². The molecule has 2 aromatic carbocycles. The fourth-order valence-electron chi connectivity index (χ4n) is 2.87. The normalized spacial score (nSPS) is 19.3. The summed E-state index contributed by atoms with van der Waals surface area (Å²) in [6.45, 7) is 4.16. The Morgan fingerprint density at radius 3 is 2.50 bits per heavy atom. The van der Waals surface area contributed by atoms with Gasteiger partial charge < -0.3 is 15.7 Å². The van der Waals surface area contributed by atoms with Gasteiger partial charge in [0.1, 0.15) is 0 Å². The first-order valence-electron chi connectivity index (χ1n) is 8.09. The van der Waals surface area contributed by atoms with E-state index in [-0.39, 0.29) is 5.91 Å². The Morgan fingerprint density at radius 1 is 1.17 bits per heavy atom. The topological polar surface area (TPSA) is 61.4 Å². The number of carbonyl (C=O) groups is 1. The summed E-state index contributed by atoms with van der Waals surface area (Å²) in [6, 6.07) is 12.9. The first-order valence-corrected chi connectivity index (χ1v) is 8.47. The minimum atomic E-state index is -1.46. The second kappa shape index (κ2) is 6.46. The highest BCUT2D eigenvalue weighted by atomic mass is 35.5. The number of fused-ring (bicyclic) bond motifs is 1.